The third kappa shape index (κ3) is 2.72. The first-order valence-corrected chi connectivity index (χ1v) is 8.02. The molecule has 0 N–H and O–H groups in total. The van der Waals surface area contributed by atoms with Gasteiger partial charge in [-0.2, -0.15) is 0 Å². The number of thiazole rings is 1. The van der Waals surface area contributed by atoms with E-state index < -0.39 is 0 Å². The number of carbonyl (C=O) groups is 1. The molecule has 0 bridgehead atoms. The third-order valence-electron chi connectivity index (χ3n) is 4.12. The maximum Gasteiger partial charge on any atom is 0.357 e. The van der Waals surface area contributed by atoms with E-state index in [-0.39, 0.29) is 11.4 Å². The minimum absolute atomic E-state index is 0.136. The van der Waals surface area contributed by atoms with Gasteiger partial charge >= 0.3 is 5.97 Å². The van der Waals surface area contributed by atoms with Crippen molar-refractivity contribution in [2.75, 3.05) is 7.11 Å². The second kappa shape index (κ2) is 6.39. The van der Waals surface area contributed by atoms with Crippen LogP contribution in [-0.2, 0) is 10.2 Å². The van der Waals surface area contributed by atoms with E-state index in [2.05, 4.69) is 43.1 Å². The van der Waals surface area contributed by atoms with Gasteiger partial charge in [-0.1, -0.05) is 44.2 Å². The summed E-state index contributed by atoms with van der Waals surface area (Å²) in [5.41, 5.74) is 1.56. The largest absolute Gasteiger partial charge is 0.464 e. The number of nitrogens with zero attached hydrogens (tertiary/aromatic N) is 1. The third-order valence-corrected chi connectivity index (χ3v) is 5.29. The molecule has 0 aliphatic carbocycles. The summed E-state index contributed by atoms with van der Waals surface area (Å²) in [4.78, 5) is 17.3. The second-order valence-corrected chi connectivity index (χ2v) is 6.27. The highest BCUT2D eigenvalue weighted by molar-refractivity contribution is 7.12. The van der Waals surface area contributed by atoms with Gasteiger partial charge < -0.3 is 4.74 Å². The molecule has 0 radical (unpaired) electrons. The highest BCUT2D eigenvalue weighted by Crippen LogP contribution is 2.41. The van der Waals surface area contributed by atoms with E-state index in [0.717, 1.165) is 22.7 Å². The fourth-order valence-corrected chi connectivity index (χ4v) is 3.98. The van der Waals surface area contributed by atoms with Crippen LogP contribution < -0.4 is 0 Å². The minimum Gasteiger partial charge on any atom is -0.464 e. The first kappa shape index (κ1) is 15.7. The van der Waals surface area contributed by atoms with E-state index in [1.807, 2.05) is 13.0 Å². The molecule has 0 atom stereocenters. The standard InChI is InChI=1S/C17H21NO2S/c1-5-17(6-2,13-10-8-7-9-11-13)16-18-14(12(3)21-16)15(19)20-4/h7-11H,5-6H2,1-4H3. The molecule has 1 aromatic carbocycles. The number of aryl methyl sites for hydroxylation is 1. The van der Waals surface area contributed by atoms with Gasteiger partial charge in [0.2, 0.25) is 0 Å². The van der Waals surface area contributed by atoms with Crippen LogP contribution in [0, 0.1) is 6.92 Å². The summed E-state index contributed by atoms with van der Waals surface area (Å²) in [7, 11) is 1.39. The predicted octanol–water partition coefficient (Wildman–Crippen LogP) is 4.34. The second-order valence-electron chi connectivity index (χ2n) is 5.07. The topological polar surface area (TPSA) is 39.2 Å². The lowest BCUT2D eigenvalue weighted by atomic mass is 9.76. The maximum absolute atomic E-state index is 11.8. The van der Waals surface area contributed by atoms with Crippen molar-refractivity contribution in [3.63, 3.8) is 0 Å². The number of carbonyl (C=O) groups excluding carboxylic acids is 1. The van der Waals surface area contributed by atoms with Gasteiger partial charge in [-0.25, -0.2) is 9.78 Å². The van der Waals surface area contributed by atoms with E-state index >= 15 is 0 Å². The summed E-state index contributed by atoms with van der Waals surface area (Å²) >= 11 is 1.60. The SMILES string of the molecule is CCC(CC)(c1ccccc1)c1nc(C(=O)OC)c(C)s1. The van der Waals surface area contributed by atoms with Crippen molar-refractivity contribution >= 4 is 17.3 Å². The summed E-state index contributed by atoms with van der Waals surface area (Å²) in [6.45, 7) is 6.27. The number of aromatic nitrogens is 1. The number of hydrogen-bond donors (Lipinski definition) is 0. The van der Waals surface area contributed by atoms with Crippen LogP contribution in [-0.4, -0.2) is 18.1 Å². The molecule has 0 saturated heterocycles. The smallest absolute Gasteiger partial charge is 0.357 e. The Hall–Kier alpha value is -1.68. The molecule has 4 heteroatoms. The Balaban J connectivity index is 2.56. The van der Waals surface area contributed by atoms with E-state index in [9.17, 15) is 4.79 Å². The quantitative estimate of drug-likeness (QED) is 0.771. The van der Waals surface area contributed by atoms with Crippen LogP contribution in [0.4, 0.5) is 0 Å². The molecule has 0 aliphatic rings. The number of methoxy groups -OCH3 is 1. The molecular formula is C17H21NO2S. The van der Waals surface area contributed by atoms with E-state index in [1.54, 1.807) is 11.3 Å². The lowest BCUT2D eigenvalue weighted by molar-refractivity contribution is 0.0593. The first-order valence-electron chi connectivity index (χ1n) is 7.20. The van der Waals surface area contributed by atoms with Gasteiger partial charge in [0, 0.05) is 10.3 Å². The lowest BCUT2D eigenvalue weighted by Gasteiger charge is -2.30. The number of ether oxygens (including phenoxy) is 1. The van der Waals surface area contributed by atoms with Gasteiger partial charge in [-0.15, -0.1) is 11.3 Å². The van der Waals surface area contributed by atoms with Crippen LogP contribution in [0.3, 0.4) is 0 Å². The summed E-state index contributed by atoms with van der Waals surface area (Å²) in [5, 5.41) is 0.997. The number of hydrogen-bond acceptors (Lipinski definition) is 4. The molecule has 0 unspecified atom stereocenters. The van der Waals surface area contributed by atoms with Gasteiger partial charge in [0.25, 0.3) is 0 Å². The molecular weight excluding hydrogens is 282 g/mol. The van der Waals surface area contributed by atoms with Crippen molar-refractivity contribution in [2.45, 2.75) is 39.0 Å². The van der Waals surface area contributed by atoms with Gasteiger partial charge in [-0.3, -0.25) is 0 Å². The van der Waals surface area contributed by atoms with Crippen LogP contribution in [0.15, 0.2) is 30.3 Å². The Labute approximate surface area is 130 Å². The van der Waals surface area contributed by atoms with E-state index in [1.165, 1.54) is 12.7 Å². The van der Waals surface area contributed by atoms with Gasteiger partial charge in [0.1, 0.15) is 5.01 Å². The maximum atomic E-state index is 11.8. The average molecular weight is 303 g/mol. The Morgan fingerprint density at radius 1 is 1.24 bits per heavy atom. The highest BCUT2D eigenvalue weighted by atomic mass is 32.1. The molecule has 112 valence electrons. The summed E-state index contributed by atoms with van der Waals surface area (Å²) in [5.74, 6) is -0.357. The van der Waals surface area contributed by atoms with Crippen molar-refractivity contribution < 1.29 is 9.53 Å². The van der Waals surface area contributed by atoms with Crippen molar-refractivity contribution in [3.8, 4) is 0 Å². The van der Waals surface area contributed by atoms with Crippen molar-refractivity contribution in [2.24, 2.45) is 0 Å². The molecule has 1 aromatic heterocycles. The highest BCUT2D eigenvalue weighted by Gasteiger charge is 2.35. The average Bonchev–Trinajstić information content (AvgIpc) is 2.92. The van der Waals surface area contributed by atoms with Crippen LogP contribution in [0.25, 0.3) is 0 Å². The summed E-state index contributed by atoms with van der Waals surface area (Å²) in [6, 6.07) is 10.4. The van der Waals surface area contributed by atoms with Crippen molar-refractivity contribution in [1.29, 1.82) is 0 Å². The zero-order valence-electron chi connectivity index (χ0n) is 13.0. The van der Waals surface area contributed by atoms with Crippen LogP contribution >= 0.6 is 11.3 Å². The molecule has 1 heterocycles. The Morgan fingerprint density at radius 2 is 1.86 bits per heavy atom. The van der Waals surface area contributed by atoms with Gasteiger partial charge in [0.15, 0.2) is 5.69 Å². The monoisotopic (exact) mass is 303 g/mol. The zero-order valence-corrected chi connectivity index (χ0v) is 13.8. The fraction of sp³-hybridized carbons (Fsp3) is 0.412. The first-order chi connectivity index (χ1) is 10.1. The molecule has 2 rings (SSSR count). The van der Waals surface area contributed by atoms with E-state index in [0.29, 0.717) is 5.69 Å². The molecule has 3 nitrogen and oxygen atoms in total. The van der Waals surface area contributed by atoms with Gasteiger partial charge in [0.05, 0.1) is 7.11 Å². The Kier molecular flexibility index (Phi) is 4.78. The predicted molar refractivity (Wildman–Crippen MR) is 86.0 cm³/mol. The number of benzene rings is 1. The molecule has 0 spiro atoms. The number of rotatable bonds is 5. The van der Waals surface area contributed by atoms with E-state index in [4.69, 9.17) is 4.74 Å². The van der Waals surface area contributed by atoms with Crippen LogP contribution in [0.5, 0.6) is 0 Å². The number of esters is 1. The zero-order chi connectivity index (χ0) is 15.5. The molecule has 2 aromatic rings. The van der Waals surface area contributed by atoms with Crippen LogP contribution in [0.2, 0.25) is 0 Å². The Morgan fingerprint density at radius 3 is 2.38 bits per heavy atom. The Bertz CT molecular complexity index is 615. The van der Waals surface area contributed by atoms with Gasteiger partial charge in [-0.05, 0) is 25.3 Å². The van der Waals surface area contributed by atoms with Crippen molar-refractivity contribution in [1.82, 2.24) is 4.98 Å². The minimum atomic E-state index is -0.357. The summed E-state index contributed by atoms with van der Waals surface area (Å²) in [6.07, 6.45) is 1.89. The molecule has 0 saturated carbocycles. The summed E-state index contributed by atoms with van der Waals surface area (Å²) < 4.78 is 4.82. The molecule has 21 heavy (non-hydrogen) atoms. The van der Waals surface area contributed by atoms with Crippen molar-refractivity contribution in [3.05, 3.63) is 51.5 Å². The molecule has 0 fully saturated rings. The lowest BCUT2D eigenvalue weighted by Crippen LogP contribution is -2.26. The normalized spacial score (nSPS) is 11.4. The van der Waals surface area contributed by atoms with Crippen LogP contribution in [0.1, 0.15) is 52.6 Å². The molecule has 0 amide bonds. The molecule has 0 aliphatic heterocycles. The fourth-order valence-electron chi connectivity index (χ4n) is 2.73.